The number of rotatable bonds is 4. The number of nitrogens with zero attached hydrogens (tertiary/aromatic N) is 2. The molecule has 1 aliphatic rings. The summed E-state index contributed by atoms with van der Waals surface area (Å²) in [6.45, 7) is 5.60. The van der Waals surface area contributed by atoms with Crippen LogP contribution in [-0.4, -0.2) is 9.55 Å². The normalized spacial score (nSPS) is 14.2. The van der Waals surface area contributed by atoms with Crippen molar-refractivity contribution in [2.75, 3.05) is 0 Å². The van der Waals surface area contributed by atoms with Crippen LogP contribution in [0.1, 0.15) is 35.4 Å². The molecule has 2 heterocycles. The van der Waals surface area contributed by atoms with Gasteiger partial charge in [-0.3, -0.25) is 4.98 Å². The first-order valence-electron chi connectivity index (χ1n) is 8.41. The fourth-order valence-corrected chi connectivity index (χ4v) is 3.27. The van der Waals surface area contributed by atoms with E-state index >= 15 is 0 Å². The first kappa shape index (κ1) is 16.8. The average Bonchev–Trinajstić information content (AvgIpc) is 3.37. The van der Waals surface area contributed by atoms with Crippen molar-refractivity contribution in [1.82, 2.24) is 9.55 Å². The summed E-state index contributed by atoms with van der Waals surface area (Å²) in [4.78, 5) is 4.66. The lowest BCUT2D eigenvalue weighted by Gasteiger charge is -2.09. The van der Waals surface area contributed by atoms with Crippen LogP contribution in [-0.2, 0) is 6.54 Å². The summed E-state index contributed by atoms with van der Waals surface area (Å²) in [5.74, 6) is 0.856. The highest BCUT2D eigenvalue weighted by atomic mass is 35.5. The van der Waals surface area contributed by atoms with Gasteiger partial charge in [0.25, 0.3) is 0 Å². The van der Waals surface area contributed by atoms with E-state index < -0.39 is 0 Å². The Morgan fingerprint density at radius 1 is 1.08 bits per heavy atom. The number of fused-ring (bicyclic) bond motifs is 1. The van der Waals surface area contributed by atoms with Crippen molar-refractivity contribution in [3.05, 3.63) is 65.1 Å². The fourth-order valence-electron chi connectivity index (χ4n) is 3.27. The van der Waals surface area contributed by atoms with Crippen molar-refractivity contribution in [3.8, 4) is 0 Å². The van der Waals surface area contributed by atoms with Gasteiger partial charge in [0.15, 0.2) is 0 Å². The average molecular weight is 339 g/mol. The predicted octanol–water partition coefficient (Wildman–Crippen LogP) is 5.66. The summed E-state index contributed by atoms with van der Waals surface area (Å²) < 4.78 is 2.49. The summed E-state index contributed by atoms with van der Waals surface area (Å²) >= 11 is 0. The molecule has 4 rings (SSSR count). The molecule has 0 spiro atoms. The standard InChI is InChI=1S/C21H22N2.ClH/c1-15-16(2)23(14-18-8-9-18)21-19(15)12-13-22-20(21)11-10-17-6-4-3-5-7-17;/h3-7,10-13,18H,8-9,14H2,1-2H3;1H. The van der Waals surface area contributed by atoms with Gasteiger partial charge in [-0.2, -0.15) is 0 Å². The van der Waals surface area contributed by atoms with E-state index in [1.54, 1.807) is 0 Å². The highest BCUT2D eigenvalue weighted by Gasteiger charge is 2.24. The Morgan fingerprint density at radius 3 is 2.54 bits per heavy atom. The summed E-state index contributed by atoms with van der Waals surface area (Å²) in [7, 11) is 0. The molecule has 24 heavy (non-hydrogen) atoms. The maximum absolute atomic E-state index is 4.66. The van der Waals surface area contributed by atoms with Gasteiger partial charge in [-0.25, -0.2) is 0 Å². The molecular weight excluding hydrogens is 316 g/mol. The lowest BCUT2D eigenvalue weighted by Crippen LogP contribution is -2.03. The molecule has 0 saturated heterocycles. The number of aromatic nitrogens is 2. The molecule has 2 nitrogen and oxygen atoms in total. The zero-order valence-corrected chi connectivity index (χ0v) is 15.0. The lowest BCUT2D eigenvalue weighted by atomic mass is 10.1. The van der Waals surface area contributed by atoms with Crippen molar-refractivity contribution >= 4 is 35.5 Å². The Kier molecular flexibility index (Phi) is 4.77. The maximum Gasteiger partial charge on any atom is 0.0872 e. The van der Waals surface area contributed by atoms with E-state index in [4.69, 9.17) is 0 Å². The smallest absolute Gasteiger partial charge is 0.0872 e. The number of hydrogen-bond acceptors (Lipinski definition) is 1. The van der Waals surface area contributed by atoms with Crippen molar-refractivity contribution in [2.45, 2.75) is 33.2 Å². The van der Waals surface area contributed by atoms with Gasteiger partial charge in [-0.1, -0.05) is 36.4 Å². The monoisotopic (exact) mass is 338 g/mol. The summed E-state index contributed by atoms with van der Waals surface area (Å²) in [6, 6.07) is 12.6. The highest BCUT2D eigenvalue weighted by molar-refractivity contribution is 5.92. The van der Waals surface area contributed by atoms with E-state index in [-0.39, 0.29) is 12.4 Å². The van der Waals surface area contributed by atoms with Gasteiger partial charge in [-0.15, -0.1) is 12.4 Å². The van der Waals surface area contributed by atoms with Crippen LogP contribution >= 0.6 is 12.4 Å². The molecule has 0 unspecified atom stereocenters. The summed E-state index contributed by atoms with van der Waals surface area (Å²) in [5.41, 5.74) is 6.34. The van der Waals surface area contributed by atoms with Crippen molar-refractivity contribution in [3.63, 3.8) is 0 Å². The Labute approximate surface area is 149 Å². The predicted molar refractivity (Wildman–Crippen MR) is 105 cm³/mol. The molecule has 0 N–H and O–H groups in total. The minimum absolute atomic E-state index is 0. The second kappa shape index (κ2) is 6.82. The Morgan fingerprint density at radius 2 is 1.83 bits per heavy atom. The molecule has 1 aliphatic carbocycles. The topological polar surface area (TPSA) is 17.8 Å². The van der Waals surface area contributed by atoms with Gasteiger partial charge in [0.05, 0.1) is 11.2 Å². The quantitative estimate of drug-likeness (QED) is 0.600. The molecule has 124 valence electrons. The molecule has 1 saturated carbocycles. The fraction of sp³-hybridized carbons (Fsp3) is 0.286. The highest BCUT2D eigenvalue weighted by Crippen LogP contribution is 2.35. The van der Waals surface area contributed by atoms with Crippen LogP contribution in [0.4, 0.5) is 0 Å². The van der Waals surface area contributed by atoms with Crippen LogP contribution in [0.25, 0.3) is 23.1 Å². The molecule has 3 heteroatoms. The third-order valence-electron chi connectivity index (χ3n) is 4.94. The maximum atomic E-state index is 4.66. The zero-order chi connectivity index (χ0) is 15.8. The zero-order valence-electron chi connectivity index (χ0n) is 14.2. The largest absolute Gasteiger partial charge is 0.343 e. The minimum Gasteiger partial charge on any atom is -0.343 e. The van der Waals surface area contributed by atoms with Crippen LogP contribution < -0.4 is 0 Å². The first-order valence-corrected chi connectivity index (χ1v) is 8.41. The van der Waals surface area contributed by atoms with Crippen molar-refractivity contribution < 1.29 is 0 Å². The molecular formula is C21H23ClN2. The van der Waals surface area contributed by atoms with Gasteiger partial charge < -0.3 is 4.57 Å². The first-order chi connectivity index (χ1) is 11.2. The van der Waals surface area contributed by atoms with E-state index in [1.165, 1.54) is 40.6 Å². The van der Waals surface area contributed by atoms with Gasteiger partial charge >= 0.3 is 0 Å². The van der Waals surface area contributed by atoms with Crippen LogP contribution in [0.3, 0.4) is 0 Å². The lowest BCUT2D eigenvalue weighted by molar-refractivity contribution is 0.631. The second-order valence-corrected chi connectivity index (χ2v) is 6.60. The molecule has 0 amide bonds. The number of benzene rings is 1. The van der Waals surface area contributed by atoms with E-state index in [1.807, 2.05) is 12.3 Å². The molecule has 3 aromatic rings. The second-order valence-electron chi connectivity index (χ2n) is 6.60. The van der Waals surface area contributed by atoms with Gasteiger partial charge in [0.1, 0.15) is 0 Å². The number of pyridine rings is 1. The summed E-state index contributed by atoms with van der Waals surface area (Å²) in [6.07, 6.45) is 8.98. The number of hydrogen-bond donors (Lipinski definition) is 0. The number of aryl methyl sites for hydroxylation is 1. The van der Waals surface area contributed by atoms with Crippen LogP contribution in [0.2, 0.25) is 0 Å². The molecule has 1 fully saturated rings. The molecule has 0 aliphatic heterocycles. The molecule has 1 aromatic carbocycles. The Bertz CT molecular complexity index is 874. The van der Waals surface area contributed by atoms with E-state index in [0.717, 1.165) is 18.2 Å². The van der Waals surface area contributed by atoms with E-state index in [2.05, 4.69) is 65.9 Å². The van der Waals surface area contributed by atoms with E-state index in [0.29, 0.717) is 0 Å². The van der Waals surface area contributed by atoms with Crippen molar-refractivity contribution in [2.24, 2.45) is 5.92 Å². The third kappa shape index (κ3) is 3.11. The van der Waals surface area contributed by atoms with Gasteiger partial charge in [0.2, 0.25) is 0 Å². The molecule has 0 radical (unpaired) electrons. The van der Waals surface area contributed by atoms with Gasteiger partial charge in [0, 0.05) is 23.8 Å². The Balaban J connectivity index is 0.00000169. The third-order valence-corrected chi connectivity index (χ3v) is 4.94. The van der Waals surface area contributed by atoms with Crippen molar-refractivity contribution in [1.29, 1.82) is 0 Å². The SMILES string of the molecule is Cc1c(C)n(CC2CC2)c2c(C=Cc3ccccc3)nccc12.Cl. The Hall–Kier alpha value is -2.06. The molecule has 0 bridgehead atoms. The van der Waals surface area contributed by atoms with Crippen LogP contribution in [0.15, 0.2) is 42.6 Å². The van der Waals surface area contributed by atoms with Gasteiger partial charge in [-0.05, 0) is 55.9 Å². The summed E-state index contributed by atoms with van der Waals surface area (Å²) in [5, 5.41) is 1.34. The number of halogens is 1. The molecule has 0 atom stereocenters. The molecule has 2 aromatic heterocycles. The van der Waals surface area contributed by atoms with Crippen LogP contribution in [0, 0.1) is 19.8 Å². The van der Waals surface area contributed by atoms with Crippen LogP contribution in [0.5, 0.6) is 0 Å². The minimum atomic E-state index is 0. The van der Waals surface area contributed by atoms with E-state index in [9.17, 15) is 0 Å².